The van der Waals surface area contributed by atoms with E-state index in [9.17, 15) is 96.5 Å². The summed E-state index contributed by atoms with van der Waals surface area (Å²) in [5, 5.41) is 55.5. The molecule has 15 atom stereocenters. The number of likely N-dealkylation sites (tertiary alicyclic amines) is 1. The molecular weight excluding hydrogens is 1720 g/mol. The molecule has 3 aromatic rings. The van der Waals surface area contributed by atoms with Gasteiger partial charge in [-0.1, -0.05) is 134 Å². The highest BCUT2D eigenvalue weighted by atomic mass is 16.4. The van der Waals surface area contributed by atoms with Crippen LogP contribution in [-0.4, -0.2) is 258 Å². The number of H-pyrrole nitrogens is 2. The number of aromatic nitrogens is 4. The molecule has 26 N–H and O–H groups in total. The van der Waals surface area contributed by atoms with Crippen molar-refractivity contribution in [3.05, 3.63) is 72.3 Å². The summed E-state index contributed by atoms with van der Waals surface area (Å²) in [7, 11) is 0. The van der Waals surface area contributed by atoms with E-state index in [-0.39, 0.29) is 119 Å². The molecule has 3 heterocycles. The van der Waals surface area contributed by atoms with E-state index in [1.54, 1.807) is 127 Å². The van der Waals surface area contributed by atoms with Gasteiger partial charge in [0, 0.05) is 62.4 Å². The largest absolute Gasteiger partial charge is 0.481 e. The number of imidazole rings is 2. The molecule has 1 fully saturated rings. The molecule has 132 heavy (non-hydrogen) atoms. The fourth-order valence-corrected chi connectivity index (χ4v) is 14.7. The Morgan fingerprint density at radius 3 is 1.20 bits per heavy atom. The lowest BCUT2D eigenvalue weighted by molar-refractivity contribution is -0.143. The molecule has 0 saturated carbocycles. The van der Waals surface area contributed by atoms with Gasteiger partial charge in [0.05, 0.1) is 25.1 Å². The van der Waals surface area contributed by atoms with Gasteiger partial charge in [-0.05, 0) is 124 Å². The van der Waals surface area contributed by atoms with E-state index in [1.165, 1.54) is 29.9 Å². The molecular formula is C88H141N23O21. The highest BCUT2D eigenvalue weighted by Gasteiger charge is 2.43. The summed E-state index contributed by atoms with van der Waals surface area (Å²) in [6.07, 6.45) is 3.36. The Balaban J connectivity index is 1.59. The fraction of sp³-hybridized carbons (Fsp3) is 0.648. The van der Waals surface area contributed by atoms with Crippen LogP contribution in [0.3, 0.4) is 0 Å². The van der Waals surface area contributed by atoms with Crippen LogP contribution in [0.5, 0.6) is 0 Å². The predicted molar refractivity (Wildman–Crippen MR) is 482 cm³/mol. The number of nitrogens with two attached hydrogens (primary N) is 4. The molecule has 4 rings (SSSR count). The van der Waals surface area contributed by atoms with Gasteiger partial charge in [0.2, 0.25) is 100 Å². The summed E-state index contributed by atoms with van der Waals surface area (Å²) in [6.45, 7) is 23.5. The van der Waals surface area contributed by atoms with Crippen molar-refractivity contribution < 1.29 is 101 Å². The first-order chi connectivity index (χ1) is 62.1. The highest BCUT2D eigenvalue weighted by Crippen LogP contribution is 2.23. The minimum absolute atomic E-state index is 0.00322. The van der Waals surface area contributed by atoms with E-state index in [2.05, 4.69) is 94.4 Å². The maximum atomic E-state index is 15.0. The summed E-state index contributed by atoms with van der Waals surface area (Å²) in [5.41, 5.74) is 24.2. The number of nitrogens with zero attached hydrogens (tertiary/aromatic N) is 3. The van der Waals surface area contributed by atoms with Crippen LogP contribution in [0, 0.1) is 41.4 Å². The lowest BCUT2D eigenvalue weighted by atomic mass is 9.97. The molecule has 0 spiro atoms. The molecule has 17 amide bonds. The maximum absolute atomic E-state index is 15.0. The number of hydrogen-bond acceptors (Lipinski definition) is 23. The Labute approximate surface area is 769 Å². The number of amides is 17. The molecule has 44 nitrogen and oxygen atoms in total. The lowest BCUT2D eigenvalue weighted by Crippen LogP contribution is -2.62. The topological polar surface area (TPSA) is 698 Å². The van der Waals surface area contributed by atoms with E-state index >= 15 is 4.79 Å². The number of unbranched alkanes of at least 4 members (excludes halogenated alkanes) is 1. The quantitative estimate of drug-likeness (QED) is 0.0263. The third-order valence-corrected chi connectivity index (χ3v) is 21.5. The van der Waals surface area contributed by atoms with Crippen LogP contribution < -0.4 is 97.4 Å². The van der Waals surface area contributed by atoms with Gasteiger partial charge in [-0.3, -0.25) is 91.1 Å². The zero-order valence-corrected chi connectivity index (χ0v) is 78.0. The minimum atomic E-state index is -1.86. The summed E-state index contributed by atoms with van der Waals surface area (Å²) in [6, 6.07) is -13.0. The van der Waals surface area contributed by atoms with Gasteiger partial charge in [-0.2, -0.15) is 0 Å². The number of carboxylic acids is 2. The number of rotatable bonds is 60. The second-order valence-corrected chi connectivity index (χ2v) is 36.3. The summed E-state index contributed by atoms with van der Waals surface area (Å²) in [5.74, 6) is -20.8. The first-order valence-corrected chi connectivity index (χ1v) is 45.1. The van der Waals surface area contributed by atoms with Crippen LogP contribution in [0.25, 0.3) is 0 Å². The number of aromatic amines is 2. The van der Waals surface area contributed by atoms with E-state index in [0.717, 1.165) is 0 Å². The highest BCUT2D eigenvalue weighted by molar-refractivity contribution is 6.02. The predicted octanol–water partition coefficient (Wildman–Crippen LogP) is -2.34. The van der Waals surface area contributed by atoms with Crippen molar-refractivity contribution in [3.8, 4) is 0 Å². The lowest BCUT2D eigenvalue weighted by Gasteiger charge is -2.32. The third-order valence-electron chi connectivity index (χ3n) is 21.5. The average molecular weight is 1860 g/mol. The number of carbonyl (C=O) groups is 19. The van der Waals surface area contributed by atoms with Gasteiger partial charge in [0.1, 0.15) is 91.1 Å². The molecule has 44 heteroatoms. The monoisotopic (exact) mass is 1860 g/mol. The fourth-order valence-electron chi connectivity index (χ4n) is 14.7. The SMILES string of the molecule is CC(C)C[C@H](NC(=O)[C@H](Cc1cnc[nH]1)NC(=O)[C@H](CCC(N)=O)NC(=O)[C@@H]1CCCN1C(=O)[C@H](CC(C)C)NC(=O)[C@H](CC(N)=O)NC(=O)[C@H](Cc1cnc[nH]1)NC(=O)[C@@H](NC(=O)[C@H](CC(C)C)NC(=O)[C@H](CC(C)C)NC(=O)[C@H](CC(C)C)NC(=O)[C@@H](NC(=O)[C@H](CCC(=O)O)NC(=O)[C@@H](N)CCCCN)C(C)C)C(C)C)C(=O)N[C@@H](Cc1ccccc1)C(=O)NCC(=O)O. The van der Waals surface area contributed by atoms with E-state index in [1.807, 2.05) is 0 Å². The average Bonchev–Trinajstić information content (AvgIpc) is 1.59. The van der Waals surface area contributed by atoms with Gasteiger partial charge in [-0.15, -0.1) is 0 Å². The van der Waals surface area contributed by atoms with Crippen molar-refractivity contribution in [2.75, 3.05) is 19.6 Å². The number of nitrogens with one attached hydrogen (secondary N) is 16. The second kappa shape index (κ2) is 56.3. The number of benzene rings is 1. The number of carboxylic acid groups (broad SMARTS) is 2. The van der Waals surface area contributed by atoms with Crippen LogP contribution in [0.4, 0.5) is 0 Å². The van der Waals surface area contributed by atoms with Gasteiger partial charge in [0.25, 0.3) is 0 Å². The van der Waals surface area contributed by atoms with E-state index in [4.69, 9.17) is 22.9 Å². The molecule has 1 aromatic carbocycles. The zero-order chi connectivity index (χ0) is 98.9. The molecule has 1 aliphatic rings. The molecule has 2 aromatic heterocycles. The van der Waals surface area contributed by atoms with Crippen LogP contribution in [0.2, 0.25) is 0 Å². The second-order valence-electron chi connectivity index (χ2n) is 36.3. The van der Waals surface area contributed by atoms with Gasteiger partial charge < -0.3 is 122 Å². The van der Waals surface area contributed by atoms with Gasteiger partial charge in [0.15, 0.2) is 0 Å². The summed E-state index contributed by atoms with van der Waals surface area (Å²) in [4.78, 5) is 280. The van der Waals surface area contributed by atoms with Crippen molar-refractivity contribution >= 4 is 112 Å². The van der Waals surface area contributed by atoms with E-state index in [0.29, 0.717) is 30.6 Å². The van der Waals surface area contributed by atoms with Crippen LogP contribution in [0.15, 0.2) is 55.4 Å². The molecule has 734 valence electrons. The molecule has 1 saturated heterocycles. The van der Waals surface area contributed by atoms with Crippen LogP contribution >= 0.6 is 0 Å². The van der Waals surface area contributed by atoms with Crippen molar-refractivity contribution in [2.45, 2.75) is 303 Å². The van der Waals surface area contributed by atoms with Crippen molar-refractivity contribution in [1.82, 2.24) is 99.3 Å². The Kier molecular flexibility index (Phi) is 47.7. The van der Waals surface area contributed by atoms with Crippen LogP contribution in [0.1, 0.15) is 210 Å². The first kappa shape index (κ1) is 112. The Morgan fingerprint density at radius 2 is 0.780 bits per heavy atom. The first-order valence-electron chi connectivity index (χ1n) is 45.1. The Bertz CT molecular complexity index is 4340. The van der Waals surface area contributed by atoms with Gasteiger partial charge >= 0.3 is 11.9 Å². The Hall–Kier alpha value is -12.5. The normalized spacial score (nSPS) is 15.8. The summed E-state index contributed by atoms with van der Waals surface area (Å²) < 4.78 is 0. The standard InChI is InChI=1S/C88H141N23O21/c1-45(2)31-58(100-80(124)60(33-47(5)6)106-86(130)72(50(11)12)109-77(121)57(26-28-70(114)115)98-74(118)55(90)23-18-19-29-89)78(122)102-61(34-48(7)8)84(128)110-73(51(13)14)87(131)107-64(38-54-41-94-44-97-54)82(126)105-65(39-69(92)113)83(127)108-66(35-49(9)10)88(132)111-30-20-24-67(111)85(129)99-56(25-27-68(91)112)76(120)104-63(37-53-40-93-43-96-53)81(125)101-59(32-46(3)4)79(123)103-62(75(119)95-42-71(116)117)36-52-21-16-15-17-22-52/h15-17,21-22,40-41,43-51,55-67,72-73H,18-20,23-39,42,89-90H2,1-14H3,(H2,91,112)(H2,92,113)(H,93,96)(H,94,97)(H,95,119)(H,98,118)(H,99,129)(H,100,124)(H,101,125)(H,102,122)(H,103,123)(H,104,120)(H,105,126)(H,106,130)(H,107,131)(H,108,127)(H,109,121)(H,110,128)(H,114,115)(H,116,117)/t55-,56-,57-,58-,59-,60-,61-,62-,63-,64-,65-,66-,67-,72-,73-/m0/s1. The molecule has 0 unspecified atom stereocenters. The maximum Gasteiger partial charge on any atom is 0.322 e. The van der Waals surface area contributed by atoms with Crippen molar-refractivity contribution in [1.29, 1.82) is 0 Å². The smallest absolute Gasteiger partial charge is 0.322 e. The molecule has 0 bridgehead atoms. The molecule has 1 aliphatic heterocycles. The number of carbonyl (C=O) groups excluding carboxylic acids is 17. The van der Waals surface area contributed by atoms with Crippen molar-refractivity contribution in [2.24, 2.45) is 64.4 Å². The third kappa shape index (κ3) is 40.1. The number of primary amides is 2. The summed E-state index contributed by atoms with van der Waals surface area (Å²) >= 11 is 0. The van der Waals surface area contributed by atoms with E-state index < -0.39 is 247 Å². The number of hydrogen-bond donors (Lipinski definition) is 22. The van der Waals surface area contributed by atoms with Gasteiger partial charge in [-0.25, -0.2) is 9.97 Å². The van der Waals surface area contributed by atoms with Crippen molar-refractivity contribution in [3.63, 3.8) is 0 Å². The number of aliphatic carboxylic acids is 2. The molecule has 0 radical (unpaired) electrons. The Morgan fingerprint density at radius 1 is 0.409 bits per heavy atom. The minimum Gasteiger partial charge on any atom is -0.481 e. The zero-order valence-electron chi connectivity index (χ0n) is 78.0. The van der Waals surface area contributed by atoms with Crippen LogP contribution in [-0.2, 0) is 110 Å². The molecule has 0 aliphatic carbocycles.